The van der Waals surface area contributed by atoms with Gasteiger partial charge in [-0.3, -0.25) is 0 Å². The molecular weight excluding hydrogens is 402 g/mol. The molecule has 1 atom stereocenters. The summed E-state index contributed by atoms with van der Waals surface area (Å²) in [6.07, 6.45) is 3.47. The van der Waals surface area contributed by atoms with Crippen molar-refractivity contribution in [2.45, 2.75) is 18.9 Å². The molecule has 0 fully saturated rings. The van der Waals surface area contributed by atoms with E-state index in [0.717, 1.165) is 22.9 Å². The number of halogens is 3. The fraction of sp³-hybridized carbons (Fsp3) is 0.273. The molecule has 5 heteroatoms. The van der Waals surface area contributed by atoms with Gasteiger partial charge in [-0.1, -0.05) is 22.0 Å². The Kier molecular flexibility index (Phi) is 5.50. The maximum Gasteiger partial charge on any atom is 0.144 e. The number of allylic oxidation sites excluding steroid dienone is 1. The molecule has 0 bridgehead atoms. The van der Waals surface area contributed by atoms with E-state index in [9.17, 15) is 5.11 Å². The Morgan fingerprint density at radius 3 is 2.56 bits per heavy atom. The summed E-state index contributed by atoms with van der Waals surface area (Å²) in [5.74, 6) is 0.173. The maximum absolute atomic E-state index is 9.80. The topological polar surface area (TPSA) is 46.2 Å². The first-order valence-corrected chi connectivity index (χ1v) is 7.09. The fourth-order valence-corrected chi connectivity index (χ4v) is 4.09. The van der Waals surface area contributed by atoms with Crippen LogP contribution in [0, 0.1) is 0 Å². The van der Waals surface area contributed by atoms with Crippen LogP contribution in [0.5, 0.6) is 5.75 Å². The molecule has 1 aromatic rings. The zero-order valence-corrected chi connectivity index (χ0v) is 13.3. The summed E-state index contributed by atoms with van der Waals surface area (Å²) in [4.78, 5) is 0. The highest BCUT2D eigenvalue weighted by Gasteiger charge is 2.18. The fourth-order valence-electron chi connectivity index (χ4n) is 1.38. The minimum atomic E-state index is -0.138. The molecule has 1 rings (SSSR count). The Morgan fingerprint density at radius 1 is 1.38 bits per heavy atom. The molecule has 3 N–H and O–H groups in total. The first kappa shape index (κ1) is 14.2. The molecule has 0 aliphatic rings. The molecule has 88 valence electrons. The summed E-state index contributed by atoms with van der Waals surface area (Å²) in [5, 5.41) is 9.80. The van der Waals surface area contributed by atoms with Gasteiger partial charge in [-0.25, -0.2) is 0 Å². The minimum Gasteiger partial charge on any atom is -0.506 e. The molecule has 1 aromatic carbocycles. The highest BCUT2D eigenvalue weighted by Crippen LogP contribution is 2.42. The number of nitrogens with two attached hydrogens (primary N) is 1. The Balaban J connectivity index is 3.12. The van der Waals surface area contributed by atoms with Crippen molar-refractivity contribution in [3.05, 3.63) is 37.7 Å². The van der Waals surface area contributed by atoms with E-state index in [4.69, 9.17) is 5.73 Å². The Hall–Kier alpha value is 0.160. The van der Waals surface area contributed by atoms with E-state index < -0.39 is 0 Å². The first-order valence-electron chi connectivity index (χ1n) is 4.71. The summed E-state index contributed by atoms with van der Waals surface area (Å²) in [6.45, 7) is 3.67. The van der Waals surface area contributed by atoms with Gasteiger partial charge in [0, 0.05) is 16.1 Å². The third kappa shape index (κ3) is 3.09. The SMILES string of the molecule is C=CCC[C@@H](N)c1c(Br)cc(Br)c(O)c1Br. The van der Waals surface area contributed by atoms with Gasteiger partial charge in [0.1, 0.15) is 5.75 Å². The lowest BCUT2D eigenvalue weighted by atomic mass is 10.0. The number of hydrogen-bond donors (Lipinski definition) is 2. The Bertz CT molecular complexity index is 407. The van der Waals surface area contributed by atoms with Gasteiger partial charge in [-0.15, -0.1) is 6.58 Å². The van der Waals surface area contributed by atoms with Crippen molar-refractivity contribution < 1.29 is 5.11 Å². The predicted octanol–water partition coefficient (Wildman–Crippen LogP) is 4.65. The van der Waals surface area contributed by atoms with Crippen molar-refractivity contribution in [2.75, 3.05) is 0 Å². The molecule has 0 aliphatic carbocycles. The van der Waals surface area contributed by atoms with Gasteiger partial charge in [0.25, 0.3) is 0 Å². The number of phenolic OH excluding ortho intramolecular Hbond substituents is 1. The Labute approximate surface area is 120 Å². The van der Waals surface area contributed by atoms with Gasteiger partial charge in [0.2, 0.25) is 0 Å². The van der Waals surface area contributed by atoms with Crippen LogP contribution in [0.15, 0.2) is 32.1 Å². The molecule has 0 unspecified atom stereocenters. The van der Waals surface area contributed by atoms with E-state index in [2.05, 4.69) is 54.4 Å². The lowest BCUT2D eigenvalue weighted by Crippen LogP contribution is -2.11. The number of aromatic hydroxyl groups is 1. The van der Waals surface area contributed by atoms with Crippen LogP contribution in [0.2, 0.25) is 0 Å². The normalized spacial score (nSPS) is 12.5. The predicted molar refractivity (Wildman–Crippen MR) is 77.6 cm³/mol. The van der Waals surface area contributed by atoms with Crippen molar-refractivity contribution >= 4 is 47.8 Å². The highest BCUT2D eigenvalue weighted by molar-refractivity contribution is 9.11. The largest absolute Gasteiger partial charge is 0.506 e. The summed E-state index contributed by atoms with van der Waals surface area (Å²) in [5.41, 5.74) is 6.94. The van der Waals surface area contributed by atoms with Gasteiger partial charge in [0.15, 0.2) is 0 Å². The third-order valence-corrected chi connectivity index (χ3v) is 4.30. The molecule has 2 nitrogen and oxygen atoms in total. The van der Waals surface area contributed by atoms with Crippen LogP contribution in [-0.4, -0.2) is 5.11 Å². The lowest BCUT2D eigenvalue weighted by molar-refractivity contribution is 0.465. The maximum atomic E-state index is 9.80. The van der Waals surface area contributed by atoms with Crippen molar-refractivity contribution in [1.82, 2.24) is 0 Å². The molecule has 0 spiro atoms. The molecule has 0 saturated carbocycles. The van der Waals surface area contributed by atoms with E-state index in [1.54, 1.807) is 6.07 Å². The lowest BCUT2D eigenvalue weighted by Gasteiger charge is -2.16. The molecular formula is C11H12Br3NO. The second-order valence-corrected chi connectivity index (χ2v) is 5.89. The first-order chi connectivity index (χ1) is 7.49. The average Bonchev–Trinajstić information content (AvgIpc) is 2.23. The molecule has 0 amide bonds. The van der Waals surface area contributed by atoms with E-state index in [1.165, 1.54) is 0 Å². The molecule has 0 aliphatic heterocycles. The van der Waals surface area contributed by atoms with E-state index in [0.29, 0.717) is 8.95 Å². The summed E-state index contributed by atoms with van der Waals surface area (Å²) < 4.78 is 2.14. The zero-order valence-electron chi connectivity index (χ0n) is 8.51. The summed E-state index contributed by atoms with van der Waals surface area (Å²) in [6, 6.07) is 1.66. The smallest absolute Gasteiger partial charge is 0.144 e. The van der Waals surface area contributed by atoms with Gasteiger partial charge in [0.05, 0.1) is 8.95 Å². The molecule has 0 saturated heterocycles. The number of rotatable bonds is 4. The molecule has 0 radical (unpaired) electrons. The van der Waals surface area contributed by atoms with Crippen molar-refractivity contribution in [1.29, 1.82) is 0 Å². The molecule has 0 heterocycles. The van der Waals surface area contributed by atoms with E-state index in [-0.39, 0.29) is 11.8 Å². The van der Waals surface area contributed by atoms with Gasteiger partial charge in [-0.05, 0) is 50.8 Å². The second kappa shape index (κ2) is 6.19. The zero-order chi connectivity index (χ0) is 12.3. The standard InChI is InChI=1S/C11H12Br3NO/c1-2-3-4-8(15)9-6(12)5-7(13)11(16)10(9)14/h2,5,8,16H,1,3-4,15H2/t8-/m1/s1. The van der Waals surface area contributed by atoms with Crippen LogP contribution >= 0.6 is 47.8 Å². The van der Waals surface area contributed by atoms with Crippen molar-refractivity contribution in [3.63, 3.8) is 0 Å². The summed E-state index contributed by atoms with van der Waals surface area (Å²) >= 11 is 10.1. The van der Waals surface area contributed by atoms with Crippen LogP contribution in [0.4, 0.5) is 0 Å². The van der Waals surface area contributed by atoms with Crippen molar-refractivity contribution in [3.8, 4) is 5.75 Å². The van der Waals surface area contributed by atoms with Gasteiger partial charge < -0.3 is 10.8 Å². The van der Waals surface area contributed by atoms with E-state index in [1.807, 2.05) is 6.08 Å². The van der Waals surface area contributed by atoms with Crippen LogP contribution in [-0.2, 0) is 0 Å². The molecule has 0 aromatic heterocycles. The Morgan fingerprint density at radius 2 is 2.00 bits per heavy atom. The van der Waals surface area contributed by atoms with Crippen molar-refractivity contribution in [2.24, 2.45) is 5.73 Å². The second-order valence-electron chi connectivity index (χ2n) is 3.39. The third-order valence-electron chi connectivity index (χ3n) is 2.23. The quantitative estimate of drug-likeness (QED) is 0.706. The van der Waals surface area contributed by atoms with Crippen LogP contribution < -0.4 is 5.73 Å². The summed E-state index contributed by atoms with van der Waals surface area (Å²) in [7, 11) is 0. The number of phenols is 1. The van der Waals surface area contributed by atoms with Crippen LogP contribution in [0.1, 0.15) is 24.4 Å². The van der Waals surface area contributed by atoms with E-state index >= 15 is 0 Å². The van der Waals surface area contributed by atoms with Crippen LogP contribution in [0.3, 0.4) is 0 Å². The van der Waals surface area contributed by atoms with Gasteiger partial charge >= 0.3 is 0 Å². The molecule has 16 heavy (non-hydrogen) atoms. The number of benzene rings is 1. The number of hydrogen-bond acceptors (Lipinski definition) is 2. The monoisotopic (exact) mass is 411 g/mol. The minimum absolute atomic E-state index is 0.138. The van der Waals surface area contributed by atoms with Crippen LogP contribution in [0.25, 0.3) is 0 Å². The average molecular weight is 414 g/mol. The van der Waals surface area contributed by atoms with Gasteiger partial charge in [-0.2, -0.15) is 0 Å². The highest BCUT2D eigenvalue weighted by atomic mass is 79.9.